The molecular formula is C20H24N2O4. The van der Waals surface area contributed by atoms with Crippen LogP contribution in [0.3, 0.4) is 0 Å². The average molecular weight is 356 g/mol. The summed E-state index contributed by atoms with van der Waals surface area (Å²) in [5.74, 6) is -0.145. The number of amides is 2. The molecule has 0 saturated carbocycles. The quantitative estimate of drug-likeness (QED) is 0.721. The number of nitrogens with one attached hydrogen (secondary N) is 1. The summed E-state index contributed by atoms with van der Waals surface area (Å²) < 4.78 is 10.6. The normalized spacial score (nSPS) is 11.5. The molecule has 6 nitrogen and oxygen atoms in total. The van der Waals surface area contributed by atoms with Crippen molar-refractivity contribution in [1.29, 1.82) is 0 Å². The summed E-state index contributed by atoms with van der Waals surface area (Å²) in [7, 11) is 1.50. The van der Waals surface area contributed by atoms with E-state index >= 15 is 0 Å². The first-order valence-corrected chi connectivity index (χ1v) is 8.43. The zero-order chi connectivity index (χ0) is 18.9. The molecule has 0 bridgehead atoms. The number of ether oxygens (including phenoxy) is 2. The Hall–Kier alpha value is -3.02. The van der Waals surface area contributed by atoms with Gasteiger partial charge in [-0.2, -0.15) is 0 Å². The van der Waals surface area contributed by atoms with Gasteiger partial charge in [0.25, 0.3) is 11.8 Å². The lowest BCUT2D eigenvalue weighted by atomic mass is 10.1. The first-order chi connectivity index (χ1) is 12.5. The maximum Gasteiger partial charge on any atom is 0.258 e. The smallest absolute Gasteiger partial charge is 0.258 e. The van der Waals surface area contributed by atoms with Crippen LogP contribution in [0.25, 0.3) is 0 Å². The minimum atomic E-state index is -0.626. The van der Waals surface area contributed by atoms with Gasteiger partial charge in [0.1, 0.15) is 11.5 Å². The van der Waals surface area contributed by atoms with Crippen LogP contribution >= 0.6 is 0 Å². The Kier molecular flexibility index (Phi) is 7.02. The Morgan fingerprint density at radius 1 is 1.15 bits per heavy atom. The summed E-state index contributed by atoms with van der Waals surface area (Å²) >= 11 is 0. The van der Waals surface area contributed by atoms with Crippen LogP contribution in [-0.2, 0) is 11.2 Å². The van der Waals surface area contributed by atoms with Crippen molar-refractivity contribution in [3.63, 3.8) is 0 Å². The molecule has 26 heavy (non-hydrogen) atoms. The van der Waals surface area contributed by atoms with Gasteiger partial charge in [0, 0.05) is 12.1 Å². The van der Waals surface area contributed by atoms with E-state index in [1.54, 1.807) is 6.07 Å². The number of primary amides is 1. The Morgan fingerprint density at radius 2 is 1.88 bits per heavy atom. The molecular weight excluding hydrogens is 332 g/mol. The zero-order valence-corrected chi connectivity index (χ0v) is 15.0. The standard InChI is InChI=1S/C20H24N2O4/c1-14(8-9-15-6-4-3-5-7-15)22-19(23)13-26-18-12-16(25-2)10-11-17(18)20(21)24/h3-7,10-12,14H,8-9,13H2,1-2H3,(H2,21,24)(H,22,23)/t14-/m1/s1. The molecule has 2 aromatic rings. The van der Waals surface area contributed by atoms with Crippen molar-refractivity contribution in [2.24, 2.45) is 5.73 Å². The fourth-order valence-electron chi connectivity index (χ4n) is 2.51. The number of rotatable bonds is 9. The summed E-state index contributed by atoms with van der Waals surface area (Å²) in [6.07, 6.45) is 1.70. The molecule has 0 aromatic heterocycles. The van der Waals surface area contributed by atoms with Crippen LogP contribution in [0.2, 0.25) is 0 Å². The lowest BCUT2D eigenvalue weighted by Crippen LogP contribution is -2.36. The van der Waals surface area contributed by atoms with Gasteiger partial charge >= 0.3 is 0 Å². The molecule has 138 valence electrons. The van der Waals surface area contributed by atoms with Gasteiger partial charge in [-0.25, -0.2) is 0 Å². The van der Waals surface area contributed by atoms with Gasteiger partial charge in [-0.15, -0.1) is 0 Å². The molecule has 0 saturated heterocycles. The number of carbonyl (C=O) groups excluding carboxylic acids is 2. The second kappa shape index (κ2) is 9.46. The van der Waals surface area contributed by atoms with Crippen molar-refractivity contribution >= 4 is 11.8 Å². The highest BCUT2D eigenvalue weighted by Crippen LogP contribution is 2.24. The van der Waals surface area contributed by atoms with E-state index in [1.165, 1.54) is 24.8 Å². The van der Waals surface area contributed by atoms with E-state index in [2.05, 4.69) is 17.4 Å². The van der Waals surface area contributed by atoms with Crippen LogP contribution in [0.15, 0.2) is 48.5 Å². The largest absolute Gasteiger partial charge is 0.497 e. The molecule has 0 fully saturated rings. The first kappa shape index (κ1) is 19.3. The van der Waals surface area contributed by atoms with Crippen molar-refractivity contribution in [3.8, 4) is 11.5 Å². The van der Waals surface area contributed by atoms with Crippen molar-refractivity contribution in [2.75, 3.05) is 13.7 Å². The molecule has 0 unspecified atom stereocenters. The first-order valence-electron chi connectivity index (χ1n) is 8.43. The van der Waals surface area contributed by atoms with Crippen molar-refractivity contribution < 1.29 is 19.1 Å². The zero-order valence-electron chi connectivity index (χ0n) is 15.0. The maximum absolute atomic E-state index is 12.1. The number of aryl methyl sites for hydroxylation is 1. The molecule has 2 aromatic carbocycles. The third-order valence-corrected chi connectivity index (χ3v) is 3.93. The van der Waals surface area contributed by atoms with E-state index in [9.17, 15) is 9.59 Å². The predicted molar refractivity (Wildman–Crippen MR) is 99.4 cm³/mol. The van der Waals surface area contributed by atoms with Crippen LogP contribution in [0.4, 0.5) is 0 Å². The molecule has 3 N–H and O–H groups in total. The van der Waals surface area contributed by atoms with Gasteiger partial charge in [0.05, 0.1) is 12.7 Å². The second-order valence-corrected chi connectivity index (χ2v) is 6.01. The van der Waals surface area contributed by atoms with Crippen molar-refractivity contribution in [1.82, 2.24) is 5.32 Å². The van der Waals surface area contributed by atoms with E-state index in [1.807, 2.05) is 25.1 Å². The Labute approximate surface area is 153 Å². The fourth-order valence-corrected chi connectivity index (χ4v) is 2.51. The number of methoxy groups -OCH3 is 1. The molecule has 0 aliphatic heterocycles. The number of hydrogen-bond acceptors (Lipinski definition) is 4. The van der Waals surface area contributed by atoms with Gasteiger partial charge in [0.15, 0.2) is 6.61 Å². The highest BCUT2D eigenvalue weighted by atomic mass is 16.5. The van der Waals surface area contributed by atoms with Crippen LogP contribution in [-0.4, -0.2) is 31.6 Å². The number of benzene rings is 2. The molecule has 0 radical (unpaired) electrons. The van der Waals surface area contributed by atoms with Crippen molar-refractivity contribution in [2.45, 2.75) is 25.8 Å². The summed E-state index contributed by atoms with van der Waals surface area (Å²) in [5, 5.41) is 2.89. The van der Waals surface area contributed by atoms with E-state index in [0.717, 1.165) is 12.8 Å². The highest BCUT2D eigenvalue weighted by Gasteiger charge is 2.14. The molecule has 2 amide bonds. The van der Waals surface area contributed by atoms with Gasteiger partial charge in [-0.1, -0.05) is 30.3 Å². The molecule has 1 atom stereocenters. The SMILES string of the molecule is COc1ccc(C(N)=O)c(OCC(=O)N[C@H](C)CCc2ccccc2)c1. The van der Waals surface area contributed by atoms with Crippen LogP contribution in [0.1, 0.15) is 29.3 Å². The van der Waals surface area contributed by atoms with E-state index in [4.69, 9.17) is 15.2 Å². The molecule has 0 heterocycles. The third-order valence-electron chi connectivity index (χ3n) is 3.93. The van der Waals surface area contributed by atoms with Gasteiger partial charge < -0.3 is 20.5 Å². The lowest BCUT2D eigenvalue weighted by molar-refractivity contribution is -0.123. The topological polar surface area (TPSA) is 90.7 Å². The van der Waals surface area contributed by atoms with Gasteiger partial charge in [0.2, 0.25) is 0 Å². The van der Waals surface area contributed by atoms with Gasteiger partial charge in [-0.3, -0.25) is 9.59 Å². The summed E-state index contributed by atoms with van der Waals surface area (Å²) in [5.41, 5.74) is 6.76. The van der Waals surface area contributed by atoms with E-state index in [-0.39, 0.29) is 29.9 Å². The number of nitrogens with two attached hydrogens (primary N) is 1. The molecule has 0 aliphatic rings. The maximum atomic E-state index is 12.1. The highest BCUT2D eigenvalue weighted by molar-refractivity contribution is 5.96. The molecule has 2 rings (SSSR count). The predicted octanol–water partition coefficient (Wildman–Crippen LogP) is 2.31. The Morgan fingerprint density at radius 3 is 2.54 bits per heavy atom. The second-order valence-electron chi connectivity index (χ2n) is 6.01. The van der Waals surface area contributed by atoms with Crippen LogP contribution < -0.4 is 20.5 Å². The van der Waals surface area contributed by atoms with E-state index in [0.29, 0.717) is 5.75 Å². The van der Waals surface area contributed by atoms with Crippen molar-refractivity contribution in [3.05, 3.63) is 59.7 Å². The Bertz CT molecular complexity index is 747. The fraction of sp³-hybridized carbons (Fsp3) is 0.300. The van der Waals surface area contributed by atoms with E-state index < -0.39 is 5.91 Å². The molecule has 0 spiro atoms. The Balaban J connectivity index is 1.85. The summed E-state index contributed by atoms with van der Waals surface area (Å²) in [4.78, 5) is 23.6. The van der Waals surface area contributed by atoms with Gasteiger partial charge in [-0.05, 0) is 37.5 Å². The summed E-state index contributed by atoms with van der Waals surface area (Å²) in [6.45, 7) is 1.74. The lowest BCUT2D eigenvalue weighted by Gasteiger charge is -2.15. The minimum Gasteiger partial charge on any atom is -0.497 e. The van der Waals surface area contributed by atoms with Crippen LogP contribution in [0, 0.1) is 0 Å². The number of hydrogen-bond donors (Lipinski definition) is 2. The van der Waals surface area contributed by atoms with Crippen LogP contribution in [0.5, 0.6) is 11.5 Å². The average Bonchev–Trinajstić information content (AvgIpc) is 2.65. The monoisotopic (exact) mass is 356 g/mol. The minimum absolute atomic E-state index is 0.00669. The number of carbonyl (C=O) groups is 2. The molecule has 6 heteroatoms. The third kappa shape index (κ3) is 5.81. The summed E-state index contributed by atoms with van der Waals surface area (Å²) in [6, 6.07) is 14.8. The molecule has 0 aliphatic carbocycles.